The second-order valence-corrected chi connectivity index (χ2v) is 7.40. The summed E-state index contributed by atoms with van der Waals surface area (Å²) in [5.74, 6) is 0. The van der Waals surface area contributed by atoms with E-state index < -0.39 is 0 Å². The van der Waals surface area contributed by atoms with Gasteiger partial charge in [-0.05, 0) is 51.9 Å². The number of halogens is 2. The summed E-state index contributed by atoms with van der Waals surface area (Å²) in [5, 5.41) is 6.38. The Balaban J connectivity index is 2.31. The molecule has 1 atom stereocenters. The molecule has 0 spiro atoms. The summed E-state index contributed by atoms with van der Waals surface area (Å²) in [7, 11) is 1.95. The van der Waals surface area contributed by atoms with Crippen molar-refractivity contribution >= 4 is 54.5 Å². The molecule has 2 aromatic heterocycles. The van der Waals surface area contributed by atoms with Gasteiger partial charge >= 0.3 is 0 Å². The lowest BCUT2D eigenvalue weighted by atomic mass is 10.3. The molecule has 0 aliphatic heterocycles. The van der Waals surface area contributed by atoms with Gasteiger partial charge < -0.3 is 5.32 Å². The van der Waals surface area contributed by atoms with E-state index >= 15 is 0 Å². The molecule has 1 unspecified atom stereocenters. The zero-order valence-electron chi connectivity index (χ0n) is 8.75. The van der Waals surface area contributed by atoms with Crippen molar-refractivity contribution in [2.45, 2.75) is 13.0 Å². The van der Waals surface area contributed by atoms with Gasteiger partial charge in [-0.1, -0.05) is 0 Å². The third-order valence-corrected chi connectivity index (χ3v) is 6.54. The highest BCUT2D eigenvalue weighted by Gasteiger charge is 2.12. The lowest BCUT2D eigenvalue weighted by Gasteiger charge is -2.04. The number of nitrogens with zero attached hydrogens (tertiary/aromatic N) is 1. The average Bonchev–Trinajstić information content (AvgIpc) is 2.86. The number of thiazole rings is 1. The molecule has 2 heterocycles. The second kappa shape index (κ2) is 5.27. The Morgan fingerprint density at radius 2 is 2.19 bits per heavy atom. The van der Waals surface area contributed by atoms with Gasteiger partial charge in [0.15, 0.2) is 0 Å². The average molecular weight is 382 g/mol. The van der Waals surface area contributed by atoms with Crippen LogP contribution in [0.1, 0.15) is 18.7 Å². The third kappa shape index (κ3) is 2.56. The topological polar surface area (TPSA) is 24.9 Å². The molecule has 0 aliphatic carbocycles. The van der Waals surface area contributed by atoms with Crippen molar-refractivity contribution in [2.24, 2.45) is 0 Å². The predicted octanol–water partition coefficient (Wildman–Crippen LogP) is 4.68. The van der Waals surface area contributed by atoms with Crippen LogP contribution in [0.5, 0.6) is 0 Å². The maximum atomic E-state index is 4.63. The molecule has 0 saturated heterocycles. The van der Waals surface area contributed by atoms with Crippen LogP contribution in [0.3, 0.4) is 0 Å². The smallest absolute Gasteiger partial charge is 0.133 e. The molecule has 2 aromatic rings. The van der Waals surface area contributed by atoms with Crippen molar-refractivity contribution < 1.29 is 0 Å². The summed E-state index contributed by atoms with van der Waals surface area (Å²) in [5.41, 5.74) is 1.10. The molecule has 86 valence electrons. The van der Waals surface area contributed by atoms with E-state index in [1.54, 1.807) is 22.7 Å². The number of rotatable bonds is 3. The van der Waals surface area contributed by atoms with E-state index in [0.29, 0.717) is 6.04 Å². The fourth-order valence-corrected chi connectivity index (χ4v) is 4.21. The minimum absolute atomic E-state index is 0.303. The summed E-state index contributed by atoms with van der Waals surface area (Å²) in [4.78, 5) is 5.82. The van der Waals surface area contributed by atoms with E-state index in [-0.39, 0.29) is 0 Å². The molecule has 0 amide bonds. The first-order valence-electron chi connectivity index (χ1n) is 4.69. The second-order valence-electron chi connectivity index (χ2n) is 3.32. The van der Waals surface area contributed by atoms with Gasteiger partial charge in [-0.2, -0.15) is 0 Å². The molecule has 0 fully saturated rings. The van der Waals surface area contributed by atoms with E-state index in [1.165, 1.54) is 4.88 Å². The molecule has 2 nitrogen and oxygen atoms in total. The molecular formula is C10H10Br2N2S2. The molecular weight excluding hydrogens is 372 g/mol. The van der Waals surface area contributed by atoms with Gasteiger partial charge in [0.1, 0.15) is 5.01 Å². The van der Waals surface area contributed by atoms with Crippen molar-refractivity contribution in [3.8, 4) is 9.88 Å². The van der Waals surface area contributed by atoms with Gasteiger partial charge in [0.2, 0.25) is 0 Å². The van der Waals surface area contributed by atoms with Gasteiger partial charge in [0.05, 0.1) is 14.4 Å². The Hall–Kier alpha value is 0.250. The Kier molecular flexibility index (Phi) is 4.18. The molecule has 0 bridgehead atoms. The summed E-state index contributed by atoms with van der Waals surface area (Å²) >= 11 is 10.4. The standard InChI is InChI=1S/C10H10Br2N2S2/c1-5(13-2)7-4-15-10(14-7)8-3-6(11)9(12)16-8/h3-5,13H,1-2H3. The zero-order chi connectivity index (χ0) is 11.7. The molecule has 2 rings (SSSR count). The first kappa shape index (κ1) is 12.7. The zero-order valence-corrected chi connectivity index (χ0v) is 13.6. The van der Waals surface area contributed by atoms with E-state index in [0.717, 1.165) is 19.0 Å². The fraction of sp³-hybridized carbons (Fsp3) is 0.300. The number of nitrogens with one attached hydrogen (secondary N) is 1. The van der Waals surface area contributed by atoms with Crippen molar-refractivity contribution in [3.05, 3.63) is 25.4 Å². The van der Waals surface area contributed by atoms with Crippen LogP contribution in [-0.2, 0) is 0 Å². The maximum absolute atomic E-state index is 4.63. The van der Waals surface area contributed by atoms with Gasteiger partial charge in [0, 0.05) is 15.9 Å². The number of hydrogen-bond donors (Lipinski definition) is 1. The Bertz CT molecular complexity index is 473. The SMILES string of the molecule is CNC(C)c1csc(-c2cc(Br)c(Br)s2)n1. The normalized spacial score (nSPS) is 13.0. The van der Waals surface area contributed by atoms with Crippen molar-refractivity contribution in [1.82, 2.24) is 10.3 Å². The van der Waals surface area contributed by atoms with Crippen molar-refractivity contribution in [3.63, 3.8) is 0 Å². The lowest BCUT2D eigenvalue weighted by molar-refractivity contribution is 0.637. The molecule has 16 heavy (non-hydrogen) atoms. The highest BCUT2D eigenvalue weighted by molar-refractivity contribution is 9.13. The first-order chi connectivity index (χ1) is 7.61. The number of hydrogen-bond acceptors (Lipinski definition) is 4. The minimum atomic E-state index is 0.303. The van der Waals surface area contributed by atoms with Crippen LogP contribution < -0.4 is 5.32 Å². The van der Waals surface area contributed by atoms with Crippen LogP contribution in [0.15, 0.2) is 19.7 Å². The summed E-state index contributed by atoms with van der Waals surface area (Å²) in [6, 6.07) is 2.40. The summed E-state index contributed by atoms with van der Waals surface area (Å²) < 4.78 is 2.20. The maximum Gasteiger partial charge on any atom is 0.133 e. The van der Waals surface area contributed by atoms with Gasteiger partial charge in [0.25, 0.3) is 0 Å². The quantitative estimate of drug-likeness (QED) is 0.834. The van der Waals surface area contributed by atoms with Crippen molar-refractivity contribution in [2.75, 3.05) is 7.05 Å². The van der Waals surface area contributed by atoms with Gasteiger partial charge in [-0.25, -0.2) is 4.98 Å². The van der Waals surface area contributed by atoms with Crippen LogP contribution in [0, 0.1) is 0 Å². The highest BCUT2D eigenvalue weighted by atomic mass is 79.9. The monoisotopic (exact) mass is 380 g/mol. The van der Waals surface area contributed by atoms with Crippen LogP contribution in [0.4, 0.5) is 0 Å². The van der Waals surface area contributed by atoms with E-state index in [1.807, 2.05) is 7.05 Å². The van der Waals surface area contributed by atoms with E-state index in [4.69, 9.17) is 0 Å². The lowest BCUT2D eigenvalue weighted by Crippen LogP contribution is -2.12. The Labute approximate surface area is 119 Å². The highest BCUT2D eigenvalue weighted by Crippen LogP contribution is 2.39. The summed E-state index contributed by atoms with van der Waals surface area (Å²) in [6.45, 7) is 2.11. The molecule has 6 heteroatoms. The molecule has 0 saturated carbocycles. The van der Waals surface area contributed by atoms with E-state index in [2.05, 4.69) is 60.5 Å². The Morgan fingerprint density at radius 1 is 1.44 bits per heavy atom. The van der Waals surface area contributed by atoms with E-state index in [9.17, 15) is 0 Å². The van der Waals surface area contributed by atoms with Crippen LogP contribution in [0.25, 0.3) is 9.88 Å². The van der Waals surface area contributed by atoms with Crippen molar-refractivity contribution in [1.29, 1.82) is 0 Å². The molecule has 1 N–H and O–H groups in total. The van der Waals surface area contributed by atoms with Gasteiger partial charge in [-0.15, -0.1) is 22.7 Å². The minimum Gasteiger partial charge on any atom is -0.312 e. The van der Waals surface area contributed by atoms with Crippen LogP contribution >= 0.6 is 54.5 Å². The Morgan fingerprint density at radius 3 is 2.75 bits per heavy atom. The predicted molar refractivity (Wildman–Crippen MR) is 78.3 cm³/mol. The number of aromatic nitrogens is 1. The first-order valence-corrected chi connectivity index (χ1v) is 7.98. The third-order valence-electron chi connectivity index (χ3n) is 2.25. The molecule has 0 aromatic carbocycles. The summed E-state index contributed by atoms with van der Waals surface area (Å²) in [6.07, 6.45) is 0. The number of thiophene rings is 1. The van der Waals surface area contributed by atoms with Crippen LogP contribution in [-0.4, -0.2) is 12.0 Å². The van der Waals surface area contributed by atoms with Gasteiger partial charge in [-0.3, -0.25) is 0 Å². The molecule has 0 radical (unpaired) electrons. The fourth-order valence-electron chi connectivity index (χ4n) is 1.20. The largest absolute Gasteiger partial charge is 0.312 e. The molecule has 0 aliphatic rings. The van der Waals surface area contributed by atoms with Crippen LogP contribution in [0.2, 0.25) is 0 Å².